The maximum Gasteiger partial charge on any atom is 0.264 e. The van der Waals surface area contributed by atoms with E-state index in [2.05, 4.69) is 16.0 Å². The minimum atomic E-state index is -0.473. The molecule has 1 amide bonds. The van der Waals surface area contributed by atoms with Crippen molar-refractivity contribution in [1.82, 2.24) is 4.90 Å². The average Bonchev–Trinajstić information content (AvgIpc) is 2.39. The molecule has 1 aliphatic rings. The largest absolute Gasteiger partial charge is 0.364 e. The molecule has 0 saturated heterocycles. The van der Waals surface area contributed by atoms with Gasteiger partial charge < -0.3 is 15.5 Å². The number of hydrogen-bond donors (Lipinski definition) is 1. The van der Waals surface area contributed by atoms with Crippen molar-refractivity contribution < 1.29 is 4.79 Å². The van der Waals surface area contributed by atoms with Crippen LogP contribution in [0.5, 0.6) is 0 Å². The van der Waals surface area contributed by atoms with Gasteiger partial charge >= 0.3 is 0 Å². The number of para-hydroxylation sites is 1. The van der Waals surface area contributed by atoms with Crippen molar-refractivity contribution in [2.75, 3.05) is 25.5 Å². The molecule has 1 aromatic carbocycles. The van der Waals surface area contributed by atoms with Gasteiger partial charge in [0, 0.05) is 24.6 Å². The summed E-state index contributed by atoms with van der Waals surface area (Å²) >= 11 is 0. The van der Waals surface area contributed by atoms with Gasteiger partial charge in [0.15, 0.2) is 0 Å². The molecule has 0 atom stereocenters. The van der Waals surface area contributed by atoms with Gasteiger partial charge in [-0.3, -0.25) is 9.79 Å². The number of anilines is 1. The van der Waals surface area contributed by atoms with Gasteiger partial charge in [-0.05, 0) is 25.7 Å². The number of rotatable bonds is 4. The predicted octanol–water partition coefficient (Wildman–Crippen LogP) is 0.966. The van der Waals surface area contributed by atoms with E-state index in [0.717, 1.165) is 12.2 Å². The summed E-state index contributed by atoms with van der Waals surface area (Å²) in [6.07, 6.45) is 3.47. The highest BCUT2D eigenvalue weighted by Gasteiger charge is 2.17. The highest BCUT2D eigenvalue weighted by atomic mass is 16.1. The Kier molecular flexibility index (Phi) is 3.97. The molecule has 1 aromatic rings. The molecule has 1 aliphatic heterocycles. The normalized spacial score (nSPS) is 14.7. The number of carbonyl (C=O) groups is 1. The molecule has 0 fully saturated rings. The minimum Gasteiger partial charge on any atom is -0.364 e. The van der Waals surface area contributed by atoms with Crippen LogP contribution in [0.25, 0.3) is 0 Å². The lowest BCUT2D eigenvalue weighted by molar-refractivity contribution is -0.112. The second-order valence-electron chi connectivity index (χ2n) is 4.73. The highest BCUT2D eigenvalue weighted by molar-refractivity contribution is 6.40. The third-order valence-electron chi connectivity index (χ3n) is 2.87. The van der Waals surface area contributed by atoms with E-state index in [0.29, 0.717) is 12.3 Å². The van der Waals surface area contributed by atoms with Gasteiger partial charge in [0.2, 0.25) is 0 Å². The number of aliphatic imine (C=N–C) groups is 1. The molecular formula is C14H18N4O. The summed E-state index contributed by atoms with van der Waals surface area (Å²) in [5.41, 5.74) is 7.93. The van der Waals surface area contributed by atoms with Crippen molar-refractivity contribution in [2.24, 2.45) is 10.7 Å². The van der Waals surface area contributed by atoms with Crippen LogP contribution in [0.4, 0.5) is 5.69 Å². The standard InChI is InChI=1S/C14H18N4O/c1-17(2)9-11-5-3-4-6-13(11)18-8-7-16-12(10-18)14(15)19/h3-8H,9-10H2,1-2H3,(H2,15,19). The van der Waals surface area contributed by atoms with Gasteiger partial charge in [0.05, 0.1) is 6.54 Å². The van der Waals surface area contributed by atoms with Crippen LogP contribution in [0, 0.1) is 0 Å². The lowest BCUT2D eigenvalue weighted by Crippen LogP contribution is -2.36. The van der Waals surface area contributed by atoms with E-state index in [1.165, 1.54) is 5.56 Å². The first-order valence-corrected chi connectivity index (χ1v) is 6.10. The molecule has 100 valence electrons. The molecule has 5 heteroatoms. The van der Waals surface area contributed by atoms with Crippen LogP contribution >= 0.6 is 0 Å². The Morgan fingerprint density at radius 1 is 1.42 bits per heavy atom. The fourth-order valence-corrected chi connectivity index (χ4v) is 2.03. The van der Waals surface area contributed by atoms with Crippen molar-refractivity contribution in [3.8, 4) is 0 Å². The van der Waals surface area contributed by atoms with Crippen LogP contribution in [0.1, 0.15) is 5.56 Å². The molecule has 0 spiro atoms. The Hall–Kier alpha value is -2.14. The highest BCUT2D eigenvalue weighted by Crippen LogP contribution is 2.23. The van der Waals surface area contributed by atoms with Crippen molar-refractivity contribution in [3.63, 3.8) is 0 Å². The van der Waals surface area contributed by atoms with Crippen LogP contribution in [-0.4, -0.2) is 37.2 Å². The average molecular weight is 258 g/mol. The zero-order valence-corrected chi connectivity index (χ0v) is 11.2. The van der Waals surface area contributed by atoms with Crippen LogP contribution in [0.15, 0.2) is 41.7 Å². The molecule has 2 N–H and O–H groups in total. The summed E-state index contributed by atoms with van der Waals surface area (Å²) in [7, 11) is 4.05. The predicted molar refractivity (Wildman–Crippen MR) is 76.9 cm³/mol. The number of amides is 1. The SMILES string of the molecule is CN(C)Cc1ccccc1N1C=CN=C(C(N)=O)C1. The van der Waals surface area contributed by atoms with E-state index in [9.17, 15) is 4.79 Å². The lowest BCUT2D eigenvalue weighted by atomic mass is 10.1. The van der Waals surface area contributed by atoms with E-state index in [4.69, 9.17) is 5.73 Å². The van der Waals surface area contributed by atoms with Crippen molar-refractivity contribution >= 4 is 17.3 Å². The zero-order valence-electron chi connectivity index (χ0n) is 11.2. The van der Waals surface area contributed by atoms with Crippen LogP contribution in [-0.2, 0) is 11.3 Å². The third kappa shape index (κ3) is 3.20. The van der Waals surface area contributed by atoms with E-state index in [1.807, 2.05) is 43.4 Å². The first-order chi connectivity index (χ1) is 9.08. The number of benzene rings is 1. The first-order valence-electron chi connectivity index (χ1n) is 6.10. The van der Waals surface area contributed by atoms with Crippen molar-refractivity contribution in [1.29, 1.82) is 0 Å². The van der Waals surface area contributed by atoms with Gasteiger partial charge in [0.25, 0.3) is 5.91 Å². The minimum absolute atomic E-state index is 0.377. The third-order valence-corrected chi connectivity index (χ3v) is 2.87. The maximum absolute atomic E-state index is 11.2. The molecule has 0 saturated carbocycles. The van der Waals surface area contributed by atoms with E-state index in [1.54, 1.807) is 6.20 Å². The van der Waals surface area contributed by atoms with Crippen molar-refractivity contribution in [2.45, 2.75) is 6.54 Å². The zero-order chi connectivity index (χ0) is 13.8. The summed E-state index contributed by atoms with van der Waals surface area (Å²) in [4.78, 5) is 19.3. The number of nitrogens with two attached hydrogens (primary N) is 1. The molecule has 0 bridgehead atoms. The van der Waals surface area contributed by atoms with Gasteiger partial charge in [-0.1, -0.05) is 18.2 Å². The summed E-state index contributed by atoms with van der Waals surface area (Å²) in [5.74, 6) is -0.473. The first kappa shape index (κ1) is 13.3. The number of primary amides is 1. The summed E-state index contributed by atoms with van der Waals surface area (Å²) < 4.78 is 0. The number of nitrogens with zero attached hydrogens (tertiary/aromatic N) is 3. The van der Waals surface area contributed by atoms with Gasteiger partial charge in [-0.25, -0.2) is 0 Å². The topological polar surface area (TPSA) is 61.9 Å². The summed E-state index contributed by atoms with van der Waals surface area (Å²) in [5, 5.41) is 0. The smallest absolute Gasteiger partial charge is 0.264 e. The molecule has 0 aliphatic carbocycles. The fraction of sp³-hybridized carbons (Fsp3) is 0.286. The van der Waals surface area contributed by atoms with Crippen LogP contribution < -0.4 is 10.6 Å². The molecule has 0 unspecified atom stereocenters. The molecule has 2 rings (SSSR count). The van der Waals surface area contributed by atoms with E-state index < -0.39 is 5.91 Å². The Morgan fingerprint density at radius 3 is 2.84 bits per heavy atom. The van der Waals surface area contributed by atoms with Crippen LogP contribution in [0.2, 0.25) is 0 Å². The fourth-order valence-electron chi connectivity index (χ4n) is 2.03. The quantitative estimate of drug-likeness (QED) is 0.875. The molecule has 1 heterocycles. The molecule has 0 radical (unpaired) electrons. The lowest BCUT2D eigenvalue weighted by Gasteiger charge is -2.26. The van der Waals surface area contributed by atoms with Gasteiger partial charge in [0.1, 0.15) is 5.71 Å². The second-order valence-corrected chi connectivity index (χ2v) is 4.73. The van der Waals surface area contributed by atoms with Crippen LogP contribution in [0.3, 0.4) is 0 Å². The molecule has 19 heavy (non-hydrogen) atoms. The Labute approximate surface area is 113 Å². The van der Waals surface area contributed by atoms with Gasteiger partial charge in [-0.2, -0.15) is 0 Å². The van der Waals surface area contributed by atoms with Gasteiger partial charge in [-0.15, -0.1) is 0 Å². The summed E-state index contributed by atoms with van der Waals surface area (Å²) in [6, 6.07) is 8.11. The Balaban J connectivity index is 2.26. The maximum atomic E-state index is 11.2. The van der Waals surface area contributed by atoms with E-state index >= 15 is 0 Å². The number of carbonyl (C=O) groups excluding carboxylic acids is 1. The number of hydrogen-bond acceptors (Lipinski definition) is 4. The van der Waals surface area contributed by atoms with Crippen molar-refractivity contribution in [3.05, 3.63) is 42.2 Å². The van der Waals surface area contributed by atoms with E-state index in [-0.39, 0.29) is 0 Å². The molecular weight excluding hydrogens is 240 g/mol. The summed E-state index contributed by atoms with van der Waals surface area (Å²) in [6.45, 7) is 1.25. The monoisotopic (exact) mass is 258 g/mol. The Morgan fingerprint density at radius 2 is 2.16 bits per heavy atom. The molecule has 5 nitrogen and oxygen atoms in total. The second kappa shape index (κ2) is 5.67. The molecule has 0 aromatic heterocycles. The Bertz CT molecular complexity index is 534.